The Morgan fingerprint density at radius 2 is 1.60 bits per heavy atom. The third-order valence-electron chi connectivity index (χ3n) is 2.49. The van der Waals surface area contributed by atoms with E-state index in [0.717, 1.165) is 17.5 Å². The molecule has 0 aliphatic carbocycles. The van der Waals surface area contributed by atoms with E-state index in [1.54, 1.807) is 12.1 Å². The third-order valence-corrected chi connectivity index (χ3v) is 2.49. The molecule has 0 aromatic heterocycles. The fraction of sp³-hybridized carbons (Fsp3) is 0.143. The molecule has 76 valence electrons. The minimum atomic E-state index is -0.186. The van der Waals surface area contributed by atoms with E-state index in [0.29, 0.717) is 0 Å². The van der Waals surface area contributed by atoms with Crippen LogP contribution >= 0.6 is 0 Å². The van der Waals surface area contributed by atoms with Gasteiger partial charge in [0.15, 0.2) is 0 Å². The molecule has 0 aliphatic rings. The monoisotopic (exact) mass is 200 g/mol. The highest BCUT2D eigenvalue weighted by Crippen LogP contribution is 2.21. The van der Waals surface area contributed by atoms with E-state index in [2.05, 4.69) is 19.1 Å². The molecule has 0 fully saturated rings. The van der Waals surface area contributed by atoms with Gasteiger partial charge in [0.25, 0.3) is 0 Å². The summed E-state index contributed by atoms with van der Waals surface area (Å²) in [5.41, 5.74) is 3.29. The molecule has 15 heavy (non-hydrogen) atoms. The van der Waals surface area contributed by atoms with Gasteiger partial charge in [-0.25, -0.2) is 4.39 Å². The number of hydrogen-bond donors (Lipinski definition) is 0. The number of rotatable bonds is 2. The molecule has 0 bridgehead atoms. The molecule has 2 aromatic rings. The summed E-state index contributed by atoms with van der Waals surface area (Å²) in [7, 11) is 0. The largest absolute Gasteiger partial charge is 0.207 e. The van der Waals surface area contributed by atoms with Gasteiger partial charge >= 0.3 is 0 Å². The van der Waals surface area contributed by atoms with Crippen LogP contribution in [0.15, 0.2) is 48.5 Å². The van der Waals surface area contributed by atoms with Crippen LogP contribution in [0.5, 0.6) is 0 Å². The van der Waals surface area contributed by atoms with E-state index >= 15 is 0 Å². The first-order valence-corrected chi connectivity index (χ1v) is 5.14. The summed E-state index contributed by atoms with van der Waals surface area (Å²) < 4.78 is 13.0. The van der Waals surface area contributed by atoms with Gasteiger partial charge in [-0.1, -0.05) is 43.3 Å². The number of benzene rings is 2. The normalized spacial score (nSPS) is 10.3. The topological polar surface area (TPSA) is 0 Å². The van der Waals surface area contributed by atoms with E-state index in [1.807, 2.05) is 18.2 Å². The molecule has 0 unspecified atom stereocenters. The fourth-order valence-corrected chi connectivity index (χ4v) is 1.64. The summed E-state index contributed by atoms with van der Waals surface area (Å²) in [4.78, 5) is 0. The highest BCUT2D eigenvalue weighted by molar-refractivity contribution is 5.64. The molecule has 0 aliphatic heterocycles. The van der Waals surface area contributed by atoms with Crippen LogP contribution in [0.2, 0.25) is 0 Å². The molecule has 2 aromatic carbocycles. The lowest BCUT2D eigenvalue weighted by Crippen LogP contribution is -1.83. The lowest BCUT2D eigenvalue weighted by Gasteiger charge is -2.03. The van der Waals surface area contributed by atoms with Crippen LogP contribution in [0.25, 0.3) is 11.1 Å². The fourth-order valence-electron chi connectivity index (χ4n) is 1.64. The van der Waals surface area contributed by atoms with Crippen molar-refractivity contribution in [1.82, 2.24) is 0 Å². The molecular formula is C14H13F. The van der Waals surface area contributed by atoms with Gasteiger partial charge in [0.05, 0.1) is 0 Å². The Morgan fingerprint density at radius 1 is 0.933 bits per heavy atom. The third kappa shape index (κ3) is 2.24. The maximum absolute atomic E-state index is 13.0. The van der Waals surface area contributed by atoms with Crippen molar-refractivity contribution in [3.05, 3.63) is 59.9 Å². The summed E-state index contributed by atoms with van der Waals surface area (Å²) in [5.74, 6) is -0.186. The minimum absolute atomic E-state index is 0.186. The predicted molar refractivity (Wildman–Crippen MR) is 61.2 cm³/mol. The van der Waals surface area contributed by atoms with Crippen molar-refractivity contribution in [3.8, 4) is 11.1 Å². The first kappa shape index (κ1) is 9.91. The Labute approximate surface area is 89.4 Å². The summed E-state index contributed by atoms with van der Waals surface area (Å²) >= 11 is 0. The molecule has 1 heteroatoms. The highest BCUT2D eigenvalue weighted by Gasteiger charge is 1.99. The lowest BCUT2D eigenvalue weighted by molar-refractivity contribution is 0.628. The molecule has 2 rings (SSSR count). The average Bonchev–Trinajstić information content (AvgIpc) is 2.29. The van der Waals surface area contributed by atoms with E-state index in [9.17, 15) is 4.39 Å². The molecule has 0 radical (unpaired) electrons. The quantitative estimate of drug-likeness (QED) is 0.686. The predicted octanol–water partition coefficient (Wildman–Crippen LogP) is 4.06. The summed E-state index contributed by atoms with van der Waals surface area (Å²) in [6, 6.07) is 14.9. The van der Waals surface area contributed by atoms with Gasteiger partial charge < -0.3 is 0 Å². The lowest BCUT2D eigenvalue weighted by atomic mass is 10.0. The molecule has 0 saturated carbocycles. The zero-order valence-electron chi connectivity index (χ0n) is 8.70. The Balaban J connectivity index is 2.44. The zero-order chi connectivity index (χ0) is 10.7. The Bertz CT molecular complexity index is 460. The van der Waals surface area contributed by atoms with Crippen LogP contribution in [0.3, 0.4) is 0 Å². The molecule has 0 atom stereocenters. The van der Waals surface area contributed by atoms with Crippen LogP contribution in [0.1, 0.15) is 12.5 Å². The van der Waals surface area contributed by atoms with E-state index in [4.69, 9.17) is 0 Å². The molecule has 0 amide bonds. The van der Waals surface area contributed by atoms with Crippen LogP contribution < -0.4 is 0 Å². The summed E-state index contributed by atoms with van der Waals surface area (Å²) in [6.07, 6.45) is 1.00. The van der Waals surface area contributed by atoms with Crippen LogP contribution in [-0.4, -0.2) is 0 Å². The van der Waals surface area contributed by atoms with Crippen molar-refractivity contribution < 1.29 is 4.39 Å². The van der Waals surface area contributed by atoms with Crippen LogP contribution in [0, 0.1) is 5.82 Å². The minimum Gasteiger partial charge on any atom is -0.207 e. The maximum Gasteiger partial charge on any atom is 0.123 e. The molecule has 0 spiro atoms. The number of halogens is 1. The van der Waals surface area contributed by atoms with Gasteiger partial charge in [-0.15, -0.1) is 0 Å². The SMILES string of the molecule is CCc1cccc(-c2cccc(F)c2)c1. The second kappa shape index (κ2) is 4.26. The van der Waals surface area contributed by atoms with Crippen molar-refractivity contribution in [3.63, 3.8) is 0 Å². The number of hydrogen-bond acceptors (Lipinski definition) is 0. The molecular weight excluding hydrogens is 187 g/mol. The first-order chi connectivity index (χ1) is 7.29. The van der Waals surface area contributed by atoms with Gasteiger partial charge in [0.2, 0.25) is 0 Å². The Hall–Kier alpha value is -1.63. The zero-order valence-corrected chi connectivity index (χ0v) is 8.70. The average molecular weight is 200 g/mol. The van der Waals surface area contributed by atoms with E-state index in [1.165, 1.54) is 11.6 Å². The molecule has 0 nitrogen and oxygen atoms in total. The first-order valence-electron chi connectivity index (χ1n) is 5.14. The second-order valence-electron chi connectivity index (χ2n) is 3.56. The smallest absolute Gasteiger partial charge is 0.123 e. The van der Waals surface area contributed by atoms with Crippen molar-refractivity contribution in [2.24, 2.45) is 0 Å². The van der Waals surface area contributed by atoms with Gasteiger partial charge in [-0.2, -0.15) is 0 Å². The van der Waals surface area contributed by atoms with Crippen molar-refractivity contribution in [2.45, 2.75) is 13.3 Å². The molecule has 0 N–H and O–H groups in total. The standard InChI is InChI=1S/C14H13F/c1-2-11-5-3-6-12(9-11)13-7-4-8-14(15)10-13/h3-10H,2H2,1H3. The molecule has 0 saturated heterocycles. The number of aryl methyl sites for hydroxylation is 1. The highest BCUT2D eigenvalue weighted by atomic mass is 19.1. The van der Waals surface area contributed by atoms with Gasteiger partial charge in [0, 0.05) is 0 Å². The summed E-state index contributed by atoms with van der Waals surface area (Å²) in [5, 5.41) is 0. The van der Waals surface area contributed by atoms with Crippen molar-refractivity contribution in [2.75, 3.05) is 0 Å². The van der Waals surface area contributed by atoms with Gasteiger partial charge in [-0.3, -0.25) is 0 Å². The van der Waals surface area contributed by atoms with Gasteiger partial charge in [0.1, 0.15) is 5.82 Å². The van der Waals surface area contributed by atoms with Crippen LogP contribution in [-0.2, 0) is 6.42 Å². The van der Waals surface area contributed by atoms with Crippen molar-refractivity contribution in [1.29, 1.82) is 0 Å². The Morgan fingerprint density at radius 3 is 2.27 bits per heavy atom. The van der Waals surface area contributed by atoms with E-state index in [-0.39, 0.29) is 5.82 Å². The van der Waals surface area contributed by atoms with Crippen molar-refractivity contribution >= 4 is 0 Å². The van der Waals surface area contributed by atoms with Crippen LogP contribution in [0.4, 0.5) is 4.39 Å². The Kier molecular flexibility index (Phi) is 2.82. The summed E-state index contributed by atoms with van der Waals surface area (Å²) in [6.45, 7) is 2.12. The second-order valence-corrected chi connectivity index (χ2v) is 3.56. The molecule has 0 heterocycles. The maximum atomic E-state index is 13.0. The van der Waals surface area contributed by atoms with E-state index < -0.39 is 0 Å². The van der Waals surface area contributed by atoms with Gasteiger partial charge in [-0.05, 0) is 35.2 Å².